The molecule has 0 aliphatic carbocycles. The van der Waals surface area contributed by atoms with Gasteiger partial charge in [0.05, 0.1) is 10.6 Å². The second-order valence-corrected chi connectivity index (χ2v) is 7.54. The van der Waals surface area contributed by atoms with Gasteiger partial charge in [-0.05, 0) is 44.9 Å². The summed E-state index contributed by atoms with van der Waals surface area (Å²) in [6, 6.07) is 7.15. The molecule has 112 valence electrons. The molecule has 2 rings (SSSR count). The van der Waals surface area contributed by atoms with Crippen LogP contribution in [0.3, 0.4) is 0 Å². The minimum Gasteiger partial charge on any atom is -0.396 e. The first-order valence-corrected chi connectivity index (χ1v) is 8.82. The van der Waals surface area contributed by atoms with E-state index in [0.29, 0.717) is 11.3 Å². The maximum atomic E-state index is 12.4. The van der Waals surface area contributed by atoms with Gasteiger partial charge in [-0.15, -0.1) is 0 Å². The Balaban J connectivity index is 2.05. The molecule has 1 heterocycles. The molecular formula is C15H23NO3S. The first-order valence-electron chi connectivity index (χ1n) is 7.17. The Kier molecular flexibility index (Phi) is 5.18. The van der Waals surface area contributed by atoms with Crippen molar-refractivity contribution in [1.82, 2.24) is 4.90 Å². The molecule has 0 spiro atoms. The molecule has 1 fully saturated rings. The average Bonchev–Trinajstić information content (AvgIpc) is 2.83. The van der Waals surface area contributed by atoms with Crippen LogP contribution in [0.25, 0.3) is 0 Å². The van der Waals surface area contributed by atoms with Crippen molar-refractivity contribution in [1.29, 1.82) is 0 Å². The lowest BCUT2D eigenvalue weighted by molar-refractivity contribution is 0.221. The largest absolute Gasteiger partial charge is 0.396 e. The van der Waals surface area contributed by atoms with Crippen molar-refractivity contribution in [3.05, 3.63) is 29.8 Å². The summed E-state index contributed by atoms with van der Waals surface area (Å²) in [5.41, 5.74) is 1.06. The van der Waals surface area contributed by atoms with Crippen LogP contribution >= 0.6 is 0 Å². The van der Waals surface area contributed by atoms with Crippen molar-refractivity contribution in [2.45, 2.75) is 37.1 Å². The smallest absolute Gasteiger partial charge is 0.179 e. The summed E-state index contributed by atoms with van der Waals surface area (Å²) in [7, 11) is -3.22. The maximum Gasteiger partial charge on any atom is 0.179 e. The molecule has 20 heavy (non-hydrogen) atoms. The molecule has 1 saturated heterocycles. The highest BCUT2D eigenvalue weighted by Gasteiger charge is 2.29. The van der Waals surface area contributed by atoms with E-state index >= 15 is 0 Å². The Morgan fingerprint density at radius 2 is 2.00 bits per heavy atom. The van der Waals surface area contributed by atoms with Gasteiger partial charge < -0.3 is 5.11 Å². The van der Waals surface area contributed by atoms with Crippen LogP contribution in [0, 0.1) is 6.92 Å². The number of sulfone groups is 1. The summed E-state index contributed by atoms with van der Waals surface area (Å²) in [5.74, 6) is 0.182. The minimum atomic E-state index is -3.22. The molecule has 0 radical (unpaired) electrons. The Morgan fingerprint density at radius 1 is 1.30 bits per heavy atom. The van der Waals surface area contributed by atoms with E-state index in [9.17, 15) is 8.42 Å². The van der Waals surface area contributed by atoms with Crippen molar-refractivity contribution in [2.75, 3.05) is 25.4 Å². The van der Waals surface area contributed by atoms with Crippen LogP contribution in [0.15, 0.2) is 29.2 Å². The fourth-order valence-corrected chi connectivity index (χ4v) is 4.37. The molecule has 1 aromatic rings. The number of aryl methyl sites for hydroxylation is 1. The predicted octanol–water partition coefficient (Wildman–Crippen LogP) is 1.62. The van der Waals surface area contributed by atoms with Crippen LogP contribution < -0.4 is 0 Å². The Morgan fingerprint density at radius 3 is 2.65 bits per heavy atom. The fourth-order valence-electron chi connectivity index (χ4n) is 2.75. The summed E-state index contributed by atoms with van der Waals surface area (Å²) in [6.07, 6.45) is 2.68. The molecule has 1 unspecified atom stereocenters. The third-order valence-corrected chi connectivity index (χ3v) is 5.71. The number of nitrogens with zero attached hydrogens (tertiary/aromatic N) is 1. The third-order valence-electron chi connectivity index (χ3n) is 3.89. The highest BCUT2D eigenvalue weighted by Crippen LogP contribution is 2.22. The van der Waals surface area contributed by atoms with Gasteiger partial charge in [-0.3, -0.25) is 4.90 Å². The second kappa shape index (κ2) is 6.70. The molecule has 1 atom stereocenters. The highest BCUT2D eigenvalue weighted by molar-refractivity contribution is 7.91. The van der Waals surface area contributed by atoms with Crippen molar-refractivity contribution < 1.29 is 13.5 Å². The Labute approximate surface area is 121 Å². The van der Waals surface area contributed by atoms with Crippen LogP contribution in [0.5, 0.6) is 0 Å². The van der Waals surface area contributed by atoms with E-state index < -0.39 is 9.84 Å². The molecule has 1 aromatic carbocycles. The van der Waals surface area contributed by atoms with Gasteiger partial charge in [-0.1, -0.05) is 17.7 Å². The molecule has 0 aromatic heterocycles. The lowest BCUT2D eigenvalue weighted by atomic mass is 10.2. The first-order chi connectivity index (χ1) is 9.53. The van der Waals surface area contributed by atoms with Gasteiger partial charge in [0.15, 0.2) is 9.84 Å². The van der Waals surface area contributed by atoms with Crippen molar-refractivity contribution in [3.8, 4) is 0 Å². The lowest BCUT2D eigenvalue weighted by Gasteiger charge is -2.23. The van der Waals surface area contributed by atoms with E-state index in [0.717, 1.165) is 31.5 Å². The van der Waals surface area contributed by atoms with Crippen molar-refractivity contribution in [2.24, 2.45) is 0 Å². The van der Waals surface area contributed by atoms with Crippen LogP contribution in [0.1, 0.15) is 24.8 Å². The molecule has 0 saturated carbocycles. The number of aliphatic hydroxyl groups is 1. The number of benzene rings is 1. The number of aliphatic hydroxyl groups excluding tert-OH is 1. The Bertz CT molecular complexity index is 525. The van der Waals surface area contributed by atoms with E-state index in [4.69, 9.17) is 5.11 Å². The van der Waals surface area contributed by atoms with E-state index in [-0.39, 0.29) is 18.4 Å². The lowest BCUT2D eigenvalue weighted by Crippen LogP contribution is -2.36. The predicted molar refractivity (Wildman–Crippen MR) is 79.5 cm³/mol. The SMILES string of the molecule is Cc1ccc(S(=O)(=O)CC2CCCN2CCCO)cc1. The first kappa shape index (κ1) is 15.5. The minimum absolute atomic E-state index is 0.0906. The summed E-state index contributed by atoms with van der Waals surface area (Å²) in [5, 5.41) is 8.90. The van der Waals surface area contributed by atoms with Crippen LogP contribution in [0.2, 0.25) is 0 Å². The average molecular weight is 297 g/mol. The molecule has 1 N–H and O–H groups in total. The van der Waals surface area contributed by atoms with E-state index in [1.54, 1.807) is 12.1 Å². The fraction of sp³-hybridized carbons (Fsp3) is 0.600. The number of likely N-dealkylation sites (tertiary alicyclic amines) is 1. The highest BCUT2D eigenvalue weighted by atomic mass is 32.2. The third kappa shape index (κ3) is 3.81. The zero-order valence-corrected chi connectivity index (χ0v) is 12.8. The standard InChI is InChI=1S/C15H23NO3S/c1-13-5-7-15(8-6-13)20(18,19)12-14-4-2-9-16(14)10-3-11-17/h5-8,14,17H,2-4,9-12H2,1H3. The van der Waals surface area contributed by atoms with E-state index in [2.05, 4.69) is 4.90 Å². The van der Waals surface area contributed by atoms with Gasteiger partial charge in [0.2, 0.25) is 0 Å². The van der Waals surface area contributed by atoms with Gasteiger partial charge in [0, 0.05) is 19.2 Å². The normalized spacial score (nSPS) is 20.4. The molecule has 0 amide bonds. The number of hydrogen-bond donors (Lipinski definition) is 1. The van der Waals surface area contributed by atoms with Crippen LogP contribution in [-0.4, -0.2) is 49.9 Å². The number of rotatable bonds is 6. The van der Waals surface area contributed by atoms with Gasteiger partial charge in [0.25, 0.3) is 0 Å². The van der Waals surface area contributed by atoms with Gasteiger partial charge in [-0.25, -0.2) is 8.42 Å². The van der Waals surface area contributed by atoms with E-state index in [1.165, 1.54) is 0 Å². The monoisotopic (exact) mass is 297 g/mol. The zero-order chi connectivity index (χ0) is 14.6. The molecule has 5 heteroatoms. The summed E-state index contributed by atoms with van der Waals surface area (Å²) < 4.78 is 24.9. The topological polar surface area (TPSA) is 57.6 Å². The van der Waals surface area contributed by atoms with E-state index in [1.807, 2.05) is 19.1 Å². The molecule has 1 aliphatic rings. The van der Waals surface area contributed by atoms with Crippen LogP contribution in [0.4, 0.5) is 0 Å². The van der Waals surface area contributed by atoms with Crippen molar-refractivity contribution in [3.63, 3.8) is 0 Å². The quantitative estimate of drug-likeness (QED) is 0.867. The second-order valence-electron chi connectivity index (χ2n) is 5.50. The molecular weight excluding hydrogens is 274 g/mol. The van der Waals surface area contributed by atoms with Gasteiger partial charge in [0.1, 0.15) is 0 Å². The van der Waals surface area contributed by atoms with Gasteiger partial charge >= 0.3 is 0 Å². The number of hydrogen-bond acceptors (Lipinski definition) is 4. The summed E-state index contributed by atoms with van der Waals surface area (Å²) in [6.45, 7) is 3.83. The van der Waals surface area contributed by atoms with Gasteiger partial charge in [-0.2, -0.15) is 0 Å². The van der Waals surface area contributed by atoms with Crippen molar-refractivity contribution >= 4 is 9.84 Å². The molecule has 1 aliphatic heterocycles. The summed E-state index contributed by atoms with van der Waals surface area (Å²) in [4.78, 5) is 2.61. The summed E-state index contributed by atoms with van der Waals surface area (Å²) >= 11 is 0. The zero-order valence-electron chi connectivity index (χ0n) is 12.0. The Hall–Kier alpha value is -0.910. The maximum absolute atomic E-state index is 12.4. The molecule has 4 nitrogen and oxygen atoms in total. The van der Waals surface area contributed by atoms with Crippen LogP contribution in [-0.2, 0) is 9.84 Å². The molecule has 0 bridgehead atoms.